The number of fused-ring (bicyclic) bond motifs is 1. The summed E-state index contributed by atoms with van der Waals surface area (Å²) in [4.78, 5) is 14.2. The van der Waals surface area contributed by atoms with E-state index in [2.05, 4.69) is 10.2 Å². The second-order valence-corrected chi connectivity index (χ2v) is 8.19. The van der Waals surface area contributed by atoms with E-state index in [4.69, 9.17) is 4.42 Å². The number of hydrogen-bond donors (Lipinski definition) is 0. The number of benzene rings is 2. The van der Waals surface area contributed by atoms with E-state index in [1.54, 1.807) is 22.8 Å². The molecular formula is C21H22FN5O2S. The number of halogens is 1. The Bertz CT molecular complexity index is 1210. The summed E-state index contributed by atoms with van der Waals surface area (Å²) in [6, 6.07) is 13.6. The fraction of sp³-hybridized carbons (Fsp3) is 0.286. The molecule has 0 aliphatic rings. The van der Waals surface area contributed by atoms with Crippen LogP contribution in [0.3, 0.4) is 0 Å². The van der Waals surface area contributed by atoms with Gasteiger partial charge in [-0.3, -0.25) is 14.0 Å². The summed E-state index contributed by atoms with van der Waals surface area (Å²) < 4.78 is 22.3. The third-order valence-electron chi connectivity index (χ3n) is 5.01. The molecule has 2 heterocycles. The maximum Gasteiger partial charge on any atom is 0.419 e. The maximum absolute atomic E-state index is 13.4. The first-order valence-electron chi connectivity index (χ1n) is 9.54. The van der Waals surface area contributed by atoms with Gasteiger partial charge in [0.1, 0.15) is 5.82 Å². The average Bonchev–Trinajstić information content (AvgIpc) is 3.29. The van der Waals surface area contributed by atoms with E-state index in [1.807, 2.05) is 48.7 Å². The van der Waals surface area contributed by atoms with E-state index in [-0.39, 0.29) is 17.6 Å². The number of aryl methyl sites for hydroxylation is 1. The minimum atomic E-state index is -0.376. The highest BCUT2D eigenvalue weighted by molar-refractivity contribution is 7.99. The van der Waals surface area contributed by atoms with Crippen molar-refractivity contribution >= 4 is 22.9 Å². The Morgan fingerprint density at radius 2 is 1.87 bits per heavy atom. The zero-order chi connectivity index (χ0) is 21.3. The van der Waals surface area contributed by atoms with E-state index < -0.39 is 0 Å². The highest BCUT2D eigenvalue weighted by atomic mass is 32.2. The number of para-hydroxylation sites is 2. The first-order valence-corrected chi connectivity index (χ1v) is 10.5. The van der Waals surface area contributed by atoms with Crippen molar-refractivity contribution in [3.8, 4) is 5.69 Å². The van der Waals surface area contributed by atoms with Crippen molar-refractivity contribution in [3.05, 3.63) is 70.7 Å². The average molecular weight is 428 g/mol. The van der Waals surface area contributed by atoms with Gasteiger partial charge in [-0.2, -0.15) is 0 Å². The predicted octanol–water partition coefficient (Wildman–Crippen LogP) is 3.73. The SMILES string of the molecule is C[C@H](c1nnc(SCCn2c(=O)oc3ccccc32)n1-c1ccc(F)cc1)N(C)C. The summed E-state index contributed by atoms with van der Waals surface area (Å²) in [5.74, 6) is 0.687. The van der Waals surface area contributed by atoms with Crippen molar-refractivity contribution in [1.82, 2.24) is 24.2 Å². The van der Waals surface area contributed by atoms with Crippen LogP contribution in [0.2, 0.25) is 0 Å². The third kappa shape index (κ3) is 3.90. The molecule has 0 spiro atoms. The zero-order valence-corrected chi connectivity index (χ0v) is 17.8. The van der Waals surface area contributed by atoms with Crippen molar-refractivity contribution in [2.75, 3.05) is 19.8 Å². The molecule has 0 amide bonds. The molecule has 0 unspecified atom stereocenters. The van der Waals surface area contributed by atoms with Crippen LogP contribution in [0.1, 0.15) is 18.8 Å². The largest absolute Gasteiger partial charge is 0.419 e. The van der Waals surface area contributed by atoms with Crippen molar-refractivity contribution in [1.29, 1.82) is 0 Å². The van der Waals surface area contributed by atoms with Crippen LogP contribution in [0.25, 0.3) is 16.8 Å². The Labute approximate surface area is 177 Å². The lowest BCUT2D eigenvalue weighted by atomic mass is 10.2. The Balaban J connectivity index is 1.61. The van der Waals surface area contributed by atoms with Crippen molar-refractivity contribution in [2.45, 2.75) is 24.7 Å². The molecule has 0 saturated heterocycles. The number of hydrogen-bond acceptors (Lipinski definition) is 6. The topological polar surface area (TPSA) is 69.1 Å². The molecule has 9 heteroatoms. The van der Waals surface area contributed by atoms with E-state index in [9.17, 15) is 9.18 Å². The molecule has 0 N–H and O–H groups in total. The van der Waals surface area contributed by atoms with E-state index >= 15 is 0 Å². The number of nitrogens with zero attached hydrogens (tertiary/aromatic N) is 5. The van der Waals surface area contributed by atoms with Gasteiger partial charge in [-0.25, -0.2) is 9.18 Å². The highest BCUT2D eigenvalue weighted by Gasteiger charge is 2.21. The van der Waals surface area contributed by atoms with Crippen LogP contribution in [0.15, 0.2) is 62.9 Å². The van der Waals surface area contributed by atoms with E-state index in [0.29, 0.717) is 23.0 Å². The summed E-state index contributed by atoms with van der Waals surface area (Å²) in [6.45, 7) is 2.50. The van der Waals surface area contributed by atoms with Gasteiger partial charge in [-0.05, 0) is 57.4 Å². The number of oxazole rings is 1. The molecule has 4 rings (SSSR count). The molecule has 0 fully saturated rings. The lowest BCUT2D eigenvalue weighted by Gasteiger charge is -2.20. The molecule has 30 heavy (non-hydrogen) atoms. The molecule has 2 aromatic heterocycles. The lowest BCUT2D eigenvalue weighted by Crippen LogP contribution is -2.20. The summed E-state index contributed by atoms with van der Waals surface area (Å²) in [5, 5.41) is 9.44. The van der Waals surface area contributed by atoms with E-state index in [0.717, 1.165) is 17.0 Å². The summed E-state index contributed by atoms with van der Waals surface area (Å²) in [5.41, 5.74) is 2.13. The van der Waals surface area contributed by atoms with Gasteiger partial charge < -0.3 is 4.42 Å². The molecule has 0 aliphatic carbocycles. The van der Waals surface area contributed by atoms with Gasteiger partial charge in [0.25, 0.3) is 0 Å². The first kappa shape index (κ1) is 20.4. The van der Waals surface area contributed by atoms with Crippen LogP contribution in [-0.2, 0) is 6.54 Å². The molecule has 7 nitrogen and oxygen atoms in total. The van der Waals surface area contributed by atoms with Gasteiger partial charge >= 0.3 is 5.76 Å². The monoisotopic (exact) mass is 427 g/mol. The molecule has 156 valence electrons. The maximum atomic E-state index is 13.4. The predicted molar refractivity (Wildman–Crippen MR) is 115 cm³/mol. The molecule has 4 aromatic rings. The normalized spacial score (nSPS) is 12.7. The third-order valence-corrected chi connectivity index (χ3v) is 5.92. The van der Waals surface area contributed by atoms with Gasteiger partial charge in [0.15, 0.2) is 16.6 Å². The molecule has 2 aromatic carbocycles. The Kier molecular flexibility index (Phi) is 5.74. The Morgan fingerprint density at radius 3 is 2.60 bits per heavy atom. The van der Waals surface area contributed by atoms with Crippen LogP contribution in [0, 0.1) is 5.82 Å². The molecule has 0 saturated carbocycles. The van der Waals surface area contributed by atoms with Gasteiger partial charge in [0.2, 0.25) is 0 Å². The smallest absolute Gasteiger partial charge is 0.408 e. The Hall–Kier alpha value is -2.91. The minimum Gasteiger partial charge on any atom is -0.408 e. The quantitative estimate of drug-likeness (QED) is 0.419. The Morgan fingerprint density at radius 1 is 1.13 bits per heavy atom. The summed E-state index contributed by atoms with van der Waals surface area (Å²) in [7, 11) is 3.94. The van der Waals surface area contributed by atoms with E-state index in [1.165, 1.54) is 23.9 Å². The van der Waals surface area contributed by atoms with Gasteiger partial charge in [0, 0.05) is 18.0 Å². The lowest BCUT2D eigenvalue weighted by molar-refractivity contribution is 0.305. The first-order chi connectivity index (χ1) is 14.5. The van der Waals surface area contributed by atoms with Crippen molar-refractivity contribution in [2.24, 2.45) is 0 Å². The standard InChI is InChI=1S/C21H22FN5O2S/c1-14(25(2)3)19-23-24-20(27(19)16-10-8-15(22)9-11-16)30-13-12-26-17-6-4-5-7-18(17)29-21(26)28/h4-11,14H,12-13H2,1-3H3/t14-/m1/s1. The van der Waals surface area contributed by atoms with Crippen molar-refractivity contribution in [3.63, 3.8) is 0 Å². The van der Waals surface area contributed by atoms with Gasteiger partial charge in [-0.1, -0.05) is 23.9 Å². The van der Waals surface area contributed by atoms with Crippen LogP contribution in [0.5, 0.6) is 0 Å². The van der Waals surface area contributed by atoms with Crippen LogP contribution in [0.4, 0.5) is 4.39 Å². The van der Waals surface area contributed by atoms with Crippen LogP contribution in [-0.4, -0.2) is 44.1 Å². The number of aromatic nitrogens is 4. The minimum absolute atomic E-state index is 0.0114. The van der Waals surface area contributed by atoms with Crippen LogP contribution < -0.4 is 5.76 Å². The summed E-state index contributed by atoms with van der Waals surface area (Å²) >= 11 is 1.49. The zero-order valence-electron chi connectivity index (χ0n) is 16.9. The molecule has 0 aliphatic heterocycles. The second-order valence-electron chi connectivity index (χ2n) is 7.13. The summed E-state index contributed by atoms with van der Waals surface area (Å²) in [6.07, 6.45) is 0. The second kappa shape index (κ2) is 8.45. The molecule has 0 bridgehead atoms. The van der Waals surface area contributed by atoms with Gasteiger partial charge in [-0.15, -0.1) is 10.2 Å². The van der Waals surface area contributed by atoms with Gasteiger partial charge in [0.05, 0.1) is 11.6 Å². The van der Waals surface area contributed by atoms with Crippen molar-refractivity contribution < 1.29 is 8.81 Å². The fourth-order valence-electron chi connectivity index (χ4n) is 3.16. The number of rotatable bonds is 7. The highest BCUT2D eigenvalue weighted by Crippen LogP contribution is 2.27. The number of thioether (sulfide) groups is 1. The fourth-order valence-corrected chi connectivity index (χ4v) is 4.05. The molecule has 1 atom stereocenters. The molecular weight excluding hydrogens is 405 g/mol. The molecule has 0 radical (unpaired) electrons. The van der Waals surface area contributed by atoms with Crippen LogP contribution >= 0.6 is 11.8 Å².